The SMILES string of the molecule is Nc1cnc([N+](=O)[O-])nc1. The molecule has 1 rings (SSSR count). The Hall–Kier alpha value is -1.72. The Labute approximate surface area is 55.9 Å². The molecule has 0 aliphatic rings. The van der Waals surface area contributed by atoms with E-state index in [9.17, 15) is 10.1 Å². The number of hydrogen-bond acceptors (Lipinski definition) is 5. The predicted octanol–water partition coefficient (Wildman–Crippen LogP) is -0.0330. The van der Waals surface area contributed by atoms with E-state index in [1.54, 1.807) is 0 Å². The lowest BCUT2D eigenvalue weighted by molar-refractivity contribution is -0.394. The number of aromatic nitrogens is 2. The quantitative estimate of drug-likeness (QED) is 0.436. The summed E-state index contributed by atoms with van der Waals surface area (Å²) in [5, 5.41) is 9.95. The second-order valence-corrected chi connectivity index (χ2v) is 1.57. The number of anilines is 1. The highest BCUT2D eigenvalue weighted by Crippen LogP contribution is 2.01. The van der Waals surface area contributed by atoms with Gasteiger partial charge in [-0.3, -0.25) is 0 Å². The first kappa shape index (κ1) is 6.40. The number of nitrogens with zero attached hydrogens (tertiary/aromatic N) is 3. The molecule has 0 atom stereocenters. The maximum atomic E-state index is 9.95. The minimum atomic E-state index is -0.681. The van der Waals surface area contributed by atoms with Crippen molar-refractivity contribution in [3.8, 4) is 0 Å². The van der Waals surface area contributed by atoms with Crippen molar-refractivity contribution in [3.05, 3.63) is 22.5 Å². The molecule has 0 saturated carbocycles. The first-order valence-electron chi connectivity index (χ1n) is 2.42. The molecule has 2 N–H and O–H groups in total. The first-order chi connectivity index (χ1) is 4.70. The largest absolute Gasteiger partial charge is 0.468 e. The third kappa shape index (κ3) is 1.16. The summed E-state index contributed by atoms with van der Waals surface area (Å²) in [5.74, 6) is -0.436. The van der Waals surface area contributed by atoms with Gasteiger partial charge in [0.25, 0.3) is 0 Å². The second-order valence-electron chi connectivity index (χ2n) is 1.57. The molecule has 0 spiro atoms. The van der Waals surface area contributed by atoms with Crippen molar-refractivity contribution in [2.24, 2.45) is 0 Å². The summed E-state index contributed by atoms with van der Waals surface area (Å²) < 4.78 is 0. The summed E-state index contributed by atoms with van der Waals surface area (Å²) in [6, 6.07) is 0. The van der Waals surface area contributed by atoms with Crippen LogP contribution in [0.15, 0.2) is 12.4 Å². The van der Waals surface area contributed by atoms with Gasteiger partial charge in [-0.05, 0) is 4.92 Å². The number of hydrogen-bond donors (Lipinski definition) is 1. The van der Waals surface area contributed by atoms with E-state index < -0.39 is 10.9 Å². The van der Waals surface area contributed by atoms with Gasteiger partial charge in [0, 0.05) is 0 Å². The molecule has 10 heavy (non-hydrogen) atoms. The summed E-state index contributed by atoms with van der Waals surface area (Å²) in [5.41, 5.74) is 5.49. The van der Waals surface area contributed by atoms with E-state index in [4.69, 9.17) is 5.73 Å². The lowest BCUT2D eigenvalue weighted by atomic mass is 10.6. The minimum Gasteiger partial charge on any atom is -0.394 e. The van der Waals surface area contributed by atoms with E-state index in [-0.39, 0.29) is 0 Å². The Morgan fingerprint density at radius 1 is 1.50 bits per heavy atom. The third-order valence-electron chi connectivity index (χ3n) is 0.821. The number of nitro groups is 1. The van der Waals surface area contributed by atoms with Crippen LogP contribution in [0.25, 0.3) is 0 Å². The fraction of sp³-hybridized carbons (Fsp3) is 0. The zero-order valence-electron chi connectivity index (χ0n) is 4.89. The van der Waals surface area contributed by atoms with E-state index >= 15 is 0 Å². The molecule has 6 nitrogen and oxygen atoms in total. The van der Waals surface area contributed by atoms with Crippen molar-refractivity contribution in [1.82, 2.24) is 9.97 Å². The fourth-order valence-corrected chi connectivity index (χ4v) is 0.425. The van der Waals surface area contributed by atoms with Crippen LogP contribution in [0.5, 0.6) is 0 Å². The topological polar surface area (TPSA) is 94.9 Å². The van der Waals surface area contributed by atoms with Crippen LogP contribution in [0.1, 0.15) is 0 Å². The molecule has 0 unspecified atom stereocenters. The lowest BCUT2D eigenvalue weighted by Crippen LogP contribution is -1.96. The summed E-state index contributed by atoms with van der Waals surface area (Å²) in [6.45, 7) is 0. The molecule has 0 radical (unpaired) electrons. The molecule has 0 fully saturated rings. The Kier molecular flexibility index (Phi) is 1.44. The molecule has 0 aliphatic carbocycles. The standard InChI is InChI=1S/C4H4N4O2/c5-3-1-6-4(7-2-3)8(9)10/h1-2H,5H2. The van der Waals surface area contributed by atoms with E-state index in [2.05, 4.69) is 9.97 Å². The van der Waals surface area contributed by atoms with Crippen LogP contribution in [0.3, 0.4) is 0 Å². The first-order valence-corrected chi connectivity index (χ1v) is 2.42. The maximum absolute atomic E-state index is 9.95. The highest BCUT2D eigenvalue weighted by molar-refractivity contribution is 5.31. The number of nitrogens with two attached hydrogens (primary N) is 1. The molecule has 1 heterocycles. The van der Waals surface area contributed by atoms with Gasteiger partial charge in [0.2, 0.25) is 0 Å². The Morgan fingerprint density at radius 2 is 2.00 bits per heavy atom. The van der Waals surface area contributed by atoms with Crippen LogP contribution >= 0.6 is 0 Å². The Bertz CT molecular complexity index is 244. The van der Waals surface area contributed by atoms with Crippen molar-refractivity contribution in [2.75, 3.05) is 5.73 Å². The van der Waals surface area contributed by atoms with Gasteiger partial charge in [0.1, 0.15) is 18.1 Å². The van der Waals surface area contributed by atoms with Gasteiger partial charge in [-0.25, -0.2) is 0 Å². The van der Waals surface area contributed by atoms with Gasteiger partial charge in [-0.15, -0.1) is 0 Å². The molecular weight excluding hydrogens is 136 g/mol. The molecule has 0 bridgehead atoms. The molecule has 52 valence electrons. The van der Waals surface area contributed by atoms with Crippen LogP contribution in [0, 0.1) is 10.1 Å². The molecule has 0 aliphatic heterocycles. The lowest BCUT2D eigenvalue weighted by Gasteiger charge is -1.88. The van der Waals surface area contributed by atoms with E-state index in [1.165, 1.54) is 12.4 Å². The summed E-state index contributed by atoms with van der Waals surface area (Å²) >= 11 is 0. The van der Waals surface area contributed by atoms with Gasteiger partial charge in [0.15, 0.2) is 0 Å². The number of rotatable bonds is 1. The molecule has 1 aromatic heterocycles. The van der Waals surface area contributed by atoms with Crippen LogP contribution in [0.4, 0.5) is 11.6 Å². The van der Waals surface area contributed by atoms with Crippen LogP contribution in [-0.4, -0.2) is 14.9 Å². The normalized spacial score (nSPS) is 9.20. The van der Waals surface area contributed by atoms with E-state index in [1.807, 2.05) is 0 Å². The van der Waals surface area contributed by atoms with Gasteiger partial charge >= 0.3 is 5.95 Å². The van der Waals surface area contributed by atoms with Crippen molar-refractivity contribution in [2.45, 2.75) is 0 Å². The van der Waals surface area contributed by atoms with Gasteiger partial charge in [-0.1, -0.05) is 9.97 Å². The third-order valence-corrected chi connectivity index (χ3v) is 0.821. The van der Waals surface area contributed by atoms with Crippen molar-refractivity contribution < 1.29 is 4.92 Å². The zero-order valence-corrected chi connectivity index (χ0v) is 4.89. The van der Waals surface area contributed by atoms with E-state index in [0.29, 0.717) is 5.69 Å². The van der Waals surface area contributed by atoms with Crippen LogP contribution in [-0.2, 0) is 0 Å². The average Bonchev–Trinajstić information content (AvgIpc) is 1.88. The van der Waals surface area contributed by atoms with Crippen LogP contribution < -0.4 is 5.73 Å². The molecular formula is C4H4N4O2. The van der Waals surface area contributed by atoms with Crippen molar-refractivity contribution >= 4 is 11.6 Å². The van der Waals surface area contributed by atoms with E-state index in [0.717, 1.165) is 0 Å². The molecule has 6 heteroatoms. The Balaban J connectivity index is 3.00. The zero-order chi connectivity index (χ0) is 7.56. The van der Waals surface area contributed by atoms with Crippen molar-refractivity contribution in [3.63, 3.8) is 0 Å². The van der Waals surface area contributed by atoms with Crippen molar-refractivity contribution in [1.29, 1.82) is 0 Å². The molecule has 0 aromatic carbocycles. The van der Waals surface area contributed by atoms with Crippen LogP contribution in [0.2, 0.25) is 0 Å². The van der Waals surface area contributed by atoms with Gasteiger partial charge < -0.3 is 15.8 Å². The van der Waals surface area contributed by atoms with Gasteiger partial charge in [-0.2, -0.15) is 0 Å². The highest BCUT2D eigenvalue weighted by atomic mass is 16.6. The highest BCUT2D eigenvalue weighted by Gasteiger charge is 2.05. The predicted molar refractivity (Wildman–Crippen MR) is 33.1 cm³/mol. The molecule has 0 saturated heterocycles. The fourth-order valence-electron chi connectivity index (χ4n) is 0.425. The average molecular weight is 140 g/mol. The summed E-state index contributed by atoms with van der Waals surface area (Å²) in [7, 11) is 0. The monoisotopic (exact) mass is 140 g/mol. The summed E-state index contributed by atoms with van der Waals surface area (Å²) in [4.78, 5) is 16.0. The second kappa shape index (κ2) is 2.26. The minimum absolute atomic E-state index is 0.311. The molecule has 1 aromatic rings. The smallest absolute Gasteiger partial charge is 0.394 e. The van der Waals surface area contributed by atoms with Gasteiger partial charge in [0.05, 0.1) is 0 Å². The number of nitrogen functional groups attached to an aromatic ring is 1. The maximum Gasteiger partial charge on any atom is 0.468 e. The molecule has 0 amide bonds. The Morgan fingerprint density at radius 3 is 2.40 bits per heavy atom. The summed E-state index contributed by atoms with van der Waals surface area (Å²) in [6.07, 6.45) is 2.37.